The van der Waals surface area contributed by atoms with Crippen molar-refractivity contribution in [3.05, 3.63) is 75.3 Å². The number of rotatable bonds is 8. The number of nitrogens with one attached hydrogen (secondary N) is 2. The lowest BCUT2D eigenvalue weighted by atomic mass is 10.2. The van der Waals surface area contributed by atoms with Gasteiger partial charge in [-0.2, -0.15) is 0 Å². The number of nitrogens with zero attached hydrogens (tertiary/aromatic N) is 4. The highest BCUT2D eigenvalue weighted by molar-refractivity contribution is 7.99. The van der Waals surface area contributed by atoms with E-state index in [1.807, 2.05) is 0 Å². The third-order valence-electron chi connectivity index (χ3n) is 4.49. The van der Waals surface area contributed by atoms with E-state index in [9.17, 15) is 24.1 Å². The molecule has 0 aliphatic rings. The van der Waals surface area contributed by atoms with Crippen LogP contribution in [0.5, 0.6) is 0 Å². The summed E-state index contributed by atoms with van der Waals surface area (Å²) in [6.07, 6.45) is 0. The van der Waals surface area contributed by atoms with E-state index in [1.165, 1.54) is 30.3 Å². The largest absolute Gasteiger partial charge is 0.345 e. The lowest BCUT2D eigenvalue weighted by Gasteiger charge is -2.08. The number of carbonyl (C=O) groups is 2. The van der Waals surface area contributed by atoms with E-state index in [4.69, 9.17) is 0 Å². The Hall–Kier alpha value is -3.80. The van der Waals surface area contributed by atoms with Gasteiger partial charge >= 0.3 is 0 Å². The predicted octanol–water partition coefficient (Wildman–Crippen LogP) is 2.83. The summed E-state index contributed by atoms with van der Waals surface area (Å²) in [4.78, 5) is 34.8. The second-order valence-electron chi connectivity index (χ2n) is 6.71. The van der Waals surface area contributed by atoms with Crippen molar-refractivity contribution >= 4 is 35.0 Å². The van der Waals surface area contributed by atoms with Crippen molar-refractivity contribution in [2.75, 3.05) is 11.1 Å². The van der Waals surface area contributed by atoms with Gasteiger partial charge in [-0.15, -0.1) is 10.2 Å². The standard InChI is InChI=1S/C20H19FN6O4S/c1-12-7-8-13(27(30)31)9-16(12)23-18(28)11-32-20-25-24-17(26(20)2)10-22-19(29)14-5-3-4-6-15(14)21/h3-9H,10-11H2,1-2H3,(H,22,29)(H,23,28). The van der Waals surface area contributed by atoms with Crippen LogP contribution in [0.15, 0.2) is 47.6 Å². The minimum Gasteiger partial charge on any atom is -0.345 e. The molecule has 2 N–H and O–H groups in total. The Morgan fingerprint density at radius 2 is 1.97 bits per heavy atom. The number of benzene rings is 2. The number of halogens is 1. The molecular formula is C20H19FN6O4S. The number of carbonyl (C=O) groups excluding carboxylic acids is 2. The zero-order valence-electron chi connectivity index (χ0n) is 17.2. The monoisotopic (exact) mass is 458 g/mol. The van der Waals surface area contributed by atoms with Gasteiger partial charge < -0.3 is 15.2 Å². The molecule has 0 aliphatic carbocycles. The van der Waals surface area contributed by atoms with Crippen molar-refractivity contribution in [2.24, 2.45) is 7.05 Å². The number of hydrogen-bond acceptors (Lipinski definition) is 7. The minimum atomic E-state index is -0.621. The summed E-state index contributed by atoms with van der Waals surface area (Å²) >= 11 is 1.12. The number of aryl methyl sites for hydroxylation is 1. The first-order valence-electron chi connectivity index (χ1n) is 9.35. The maximum Gasteiger partial charge on any atom is 0.271 e. The van der Waals surface area contributed by atoms with Gasteiger partial charge in [-0.05, 0) is 24.6 Å². The van der Waals surface area contributed by atoms with Crippen LogP contribution in [0.1, 0.15) is 21.7 Å². The molecule has 1 aromatic heterocycles. The van der Waals surface area contributed by atoms with E-state index >= 15 is 0 Å². The molecule has 0 saturated carbocycles. The van der Waals surface area contributed by atoms with Crippen LogP contribution in [-0.4, -0.2) is 37.3 Å². The average Bonchev–Trinajstić information content (AvgIpc) is 3.11. The Morgan fingerprint density at radius 1 is 1.22 bits per heavy atom. The zero-order valence-corrected chi connectivity index (χ0v) is 18.0. The summed E-state index contributed by atoms with van der Waals surface area (Å²) in [6, 6.07) is 9.87. The molecule has 1 heterocycles. The normalized spacial score (nSPS) is 10.6. The van der Waals surface area contributed by atoms with Crippen molar-refractivity contribution in [1.29, 1.82) is 0 Å². The van der Waals surface area contributed by atoms with Crippen molar-refractivity contribution in [3.8, 4) is 0 Å². The third kappa shape index (κ3) is 5.46. The molecule has 0 aliphatic heterocycles. The summed E-state index contributed by atoms with van der Waals surface area (Å²) in [5.41, 5.74) is 0.867. The number of amides is 2. The van der Waals surface area contributed by atoms with Gasteiger partial charge in [0.05, 0.1) is 28.5 Å². The Labute approximate surface area is 186 Å². The highest BCUT2D eigenvalue weighted by atomic mass is 32.2. The van der Waals surface area contributed by atoms with E-state index in [0.717, 1.165) is 11.8 Å². The first kappa shape index (κ1) is 22.9. The van der Waals surface area contributed by atoms with Crippen molar-refractivity contribution in [3.63, 3.8) is 0 Å². The van der Waals surface area contributed by atoms with Gasteiger partial charge in [-0.25, -0.2) is 4.39 Å². The van der Waals surface area contributed by atoms with E-state index in [2.05, 4.69) is 20.8 Å². The fraction of sp³-hybridized carbons (Fsp3) is 0.200. The number of aromatic nitrogens is 3. The molecule has 2 amide bonds. The summed E-state index contributed by atoms with van der Waals surface area (Å²) in [5.74, 6) is -1.14. The van der Waals surface area contributed by atoms with Gasteiger partial charge in [-0.1, -0.05) is 30.0 Å². The first-order valence-corrected chi connectivity index (χ1v) is 10.3. The molecule has 166 valence electrons. The molecular weight excluding hydrogens is 439 g/mol. The van der Waals surface area contributed by atoms with E-state index in [0.29, 0.717) is 22.2 Å². The number of anilines is 1. The molecule has 12 heteroatoms. The van der Waals surface area contributed by atoms with Crippen LogP contribution >= 0.6 is 11.8 Å². The summed E-state index contributed by atoms with van der Waals surface area (Å²) in [7, 11) is 1.68. The van der Waals surface area contributed by atoms with Crippen LogP contribution in [0.2, 0.25) is 0 Å². The number of thioether (sulfide) groups is 1. The summed E-state index contributed by atoms with van der Waals surface area (Å²) in [6.45, 7) is 1.76. The van der Waals surface area contributed by atoms with Gasteiger partial charge in [-0.3, -0.25) is 19.7 Å². The maximum absolute atomic E-state index is 13.7. The second-order valence-corrected chi connectivity index (χ2v) is 7.66. The van der Waals surface area contributed by atoms with Gasteiger partial charge in [0.2, 0.25) is 5.91 Å². The molecule has 0 saturated heterocycles. The quantitative estimate of drug-likeness (QED) is 0.301. The van der Waals surface area contributed by atoms with Crippen LogP contribution in [-0.2, 0) is 18.4 Å². The molecule has 0 radical (unpaired) electrons. The lowest BCUT2D eigenvalue weighted by Crippen LogP contribution is -2.25. The van der Waals surface area contributed by atoms with Crippen LogP contribution in [0.4, 0.5) is 15.8 Å². The SMILES string of the molecule is Cc1ccc([N+](=O)[O-])cc1NC(=O)CSc1nnc(CNC(=O)c2ccccc2F)n1C. The zero-order chi connectivity index (χ0) is 23.3. The maximum atomic E-state index is 13.7. The molecule has 3 aromatic rings. The van der Waals surface area contributed by atoms with Gasteiger partial charge in [0.1, 0.15) is 5.82 Å². The van der Waals surface area contributed by atoms with Crippen LogP contribution in [0, 0.1) is 22.9 Å². The van der Waals surface area contributed by atoms with Gasteiger partial charge in [0.25, 0.3) is 11.6 Å². The number of hydrogen-bond donors (Lipinski definition) is 2. The molecule has 0 atom stereocenters. The van der Waals surface area contributed by atoms with Crippen molar-refractivity contribution in [2.45, 2.75) is 18.6 Å². The highest BCUT2D eigenvalue weighted by Crippen LogP contribution is 2.23. The molecule has 3 rings (SSSR count). The van der Waals surface area contributed by atoms with Gasteiger partial charge in [0.15, 0.2) is 11.0 Å². The van der Waals surface area contributed by atoms with Crippen molar-refractivity contribution in [1.82, 2.24) is 20.1 Å². The average molecular weight is 458 g/mol. The Bertz CT molecular complexity index is 1180. The highest BCUT2D eigenvalue weighted by Gasteiger charge is 2.16. The van der Waals surface area contributed by atoms with Crippen LogP contribution in [0.3, 0.4) is 0 Å². The summed E-state index contributed by atoms with van der Waals surface area (Å²) < 4.78 is 15.3. The Balaban J connectivity index is 1.56. The Morgan fingerprint density at radius 3 is 2.69 bits per heavy atom. The van der Waals surface area contributed by atoms with Crippen LogP contribution in [0.25, 0.3) is 0 Å². The van der Waals surface area contributed by atoms with E-state index < -0.39 is 16.6 Å². The van der Waals surface area contributed by atoms with E-state index in [1.54, 1.807) is 30.7 Å². The Kier molecular flexibility index (Phi) is 7.15. The molecule has 2 aromatic carbocycles. The second kappa shape index (κ2) is 10.0. The molecule has 0 fully saturated rings. The minimum absolute atomic E-state index is 0.00427. The topological polar surface area (TPSA) is 132 Å². The van der Waals surface area contributed by atoms with E-state index in [-0.39, 0.29) is 29.5 Å². The lowest BCUT2D eigenvalue weighted by molar-refractivity contribution is -0.384. The number of nitro benzene ring substituents is 1. The van der Waals surface area contributed by atoms with Gasteiger partial charge in [0, 0.05) is 19.2 Å². The summed E-state index contributed by atoms with van der Waals surface area (Å²) in [5, 5.41) is 24.6. The molecule has 0 unspecified atom stereocenters. The third-order valence-corrected chi connectivity index (χ3v) is 5.51. The molecule has 32 heavy (non-hydrogen) atoms. The first-order chi connectivity index (χ1) is 15.3. The molecule has 10 nitrogen and oxygen atoms in total. The van der Waals surface area contributed by atoms with Crippen molar-refractivity contribution < 1.29 is 18.9 Å². The number of non-ortho nitro benzene ring substituents is 1. The van der Waals surface area contributed by atoms with Crippen LogP contribution < -0.4 is 10.6 Å². The smallest absolute Gasteiger partial charge is 0.271 e. The predicted molar refractivity (Wildman–Crippen MR) is 116 cm³/mol. The molecule has 0 spiro atoms. The number of nitro groups is 1. The fourth-order valence-electron chi connectivity index (χ4n) is 2.70. The fourth-order valence-corrected chi connectivity index (χ4v) is 3.43. The molecule has 0 bridgehead atoms.